The third kappa shape index (κ3) is 5.38. The highest BCUT2D eigenvalue weighted by Crippen LogP contribution is 2.18. The first-order valence-electron chi connectivity index (χ1n) is 10.6. The number of hydrogen-bond acceptors (Lipinski definition) is 7. The van der Waals surface area contributed by atoms with Gasteiger partial charge >= 0.3 is 6.09 Å². The van der Waals surface area contributed by atoms with Crippen LogP contribution in [0.1, 0.15) is 43.1 Å². The topological polar surface area (TPSA) is 125 Å². The van der Waals surface area contributed by atoms with Gasteiger partial charge in [0.2, 0.25) is 0 Å². The quantitative estimate of drug-likeness (QED) is 0.630. The normalized spacial score (nSPS) is 15.8. The van der Waals surface area contributed by atoms with E-state index >= 15 is 0 Å². The Kier molecular flexibility index (Phi) is 5.87. The smallest absolute Gasteiger partial charge is 0.410 e. The Bertz CT molecular complexity index is 1240. The summed E-state index contributed by atoms with van der Waals surface area (Å²) in [6.07, 6.45) is 5.26. The number of amides is 2. The van der Waals surface area contributed by atoms with Crippen molar-refractivity contribution in [3.8, 4) is 6.07 Å². The fourth-order valence-electron chi connectivity index (χ4n) is 3.53. The van der Waals surface area contributed by atoms with E-state index in [2.05, 4.69) is 26.7 Å². The summed E-state index contributed by atoms with van der Waals surface area (Å²) in [5.41, 5.74) is 1.10. The maximum absolute atomic E-state index is 12.8. The molecular formula is C23H25N7O3. The molecule has 4 rings (SSSR count). The number of imidazole rings is 1. The minimum atomic E-state index is -0.558. The molecule has 1 aliphatic rings. The van der Waals surface area contributed by atoms with Crippen molar-refractivity contribution in [3.63, 3.8) is 0 Å². The van der Waals surface area contributed by atoms with Gasteiger partial charge in [-0.15, -0.1) is 0 Å². The Labute approximate surface area is 191 Å². The van der Waals surface area contributed by atoms with E-state index < -0.39 is 5.60 Å². The lowest BCUT2D eigenvalue weighted by Gasteiger charge is -2.24. The standard InChI is InChI=1S/C23H25N7O3/c1-23(2,3)33-22(32)29-9-7-17(13-29)26-21(31)16-6-8-25-18(10-16)27-19-14-30-12-15(11-24)4-5-20(30)28-19/h4-6,8,10,12,14,17H,7,9,13H2,1-3H3,(H,25,27)(H,26,31)/t17-/m0/s1. The molecule has 4 heterocycles. The second-order valence-corrected chi connectivity index (χ2v) is 8.86. The number of ether oxygens (including phenoxy) is 1. The second-order valence-electron chi connectivity index (χ2n) is 8.86. The number of aromatic nitrogens is 3. The summed E-state index contributed by atoms with van der Waals surface area (Å²) in [4.78, 5) is 35.3. The van der Waals surface area contributed by atoms with Gasteiger partial charge in [0.25, 0.3) is 5.91 Å². The molecule has 0 radical (unpaired) electrons. The Morgan fingerprint density at radius 2 is 2.03 bits per heavy atom. The average molecular weight is 447 g/mol. The minimum Gasteiger partial charge on any atom is -0.444 e. The molecule has 0 saturated carbocycles. The summed E-state index contributed by atoms with van der Waals surface area (Å²) in [6, 6.07) is 8.66. The number of likely N-dealkylation sites (tertiary alicyclic amines) is 1. The predicted molar refractivity (Wildman–Crippen MR) is 121 cm³/mol. The summed E-state index contributed by atoms with van der Waals surface area (Å²) in [5, 5.41) is 15.1. The molecule has 0 spiro atoms. The van der Waals surface area contributed by atoms with E-state index in [-0.39, 0.29) is 18.0 Å². The molecule has 1 fully saturated rings. The summed E-state index contributed by atoms with van der Waals surface area (Å²) in [6.45, 7) is 6.41. The lowest BCUT2D eigenvalue weighted by molar-refractivity contribution is 0.0290. The first-order valence-corrected chi connectivity index (χ1v) is 10.6. The molecular weight excluding hydrogens is 422 g/mol. The van der Waals surface area contributed by atoms with Crippen LogP contribution in [0.2, 0.25) is 0 Å². The van der Waals surface area contributed by atoms with Crippen LogP contribution in [0.3, 0.4) is 0 Å². The Hall–Kier alpha value is -4.13. The molecule has 1 atom stereocenters. The number of rotatable bonds is 4. The van der Waals surface area contributed by atoms with Crippen LogP contribution in [-0.4, -0.2) is 56.0 Å². The monoisotopic (exact) mass is 447 g/mol. The lowest BCUT2D eigenvalue weighted by Crippen LogP contribution is -2.40. The fourth-order valence-corrected chi connectivity index (χ4v) is 3.53. The molecule has 10 heteroatoms. The number of anilines is 2. The van der Waals surface area contributed by atoms with Crippen molar-refractivity contribution in [1.29, 1.82) is 5.26 Å². The van der Waals surface area contributed by atoms with E-state index in [1.807, 2.05) is 20.8 Å². The highest BCUT2D eigenvalue weighted by atomic mass is 16.6. The maximum atomic E-state index is 12.8. The van der Waals surface area contributed by atoms with Crippen LogP contribution in [0.15, 0.2) is 42.9 Å². The number of nitrogens with zero attached hydrogens (tertiary/aromatic N) is 5. The van der Waals surface area contributed by atoms with Crippen LogP contribution in [0.4, 0.5) is 16.4 Å². The van der Waals surface area contributed by atoms with Gasteiger partial charge in [0.15, 0.2) is 5.82 Å². The molecule has 2 amide bonds. The maximum Gasteiger partial charge on any atom is 0.410 e. The van der Waals surface area contributed by atoms with Crippen LogP contribution in [0.5, 0.6) is 0 Å². The van der Waals surface area contributed by atoms with Crippen LogP contribution < -0.4 is 10.6 Å². The zero-order valence-electron chi connectivity index (χ0n) is 18.7. The predicted octanol–water partition coefficient (Wildman–Crippen LogP) is 3.08. The van der Waals surface area contributed by atoms with Gasteiger partial charge in [-0.3, -0.25) is 4.79 Å². The first kappa shape index (κ1) is 22.1. The van der Waals surface area contributed by atoms with Crippen molar-refractivity contribution in [2.75, 3.05) is 18.4 Å². The number of hydrogen-bond donors (Lipinski definition) is 2. The molecule has 2 N–H and O–H groups in total. The molecule has 0 bridgehead atoms. The van der Waals surface area contributed by atoms with E-state index in [4.69, 9.17) is 10.00 Å². The minimum absolute atomic E-state index is 0.151. The van der Waals surface area contributed by atoms with Crippen molar-refractivity contribution in [1.82, 2.24) is 24.6 Å². The van der Waals surface area contributed by atoms with Gasteiger partial charge in [-0.05, 0) is 51.5 Å². The second kappa shape index (κ2) is 8.78. The molecule has 1 aliphatic heterocycles. The van der Waals surface area contributed by atoms with Crippen molar-refractivity contribution in [3.05, 3.63) is 54.0 Å². The molecule has 33 heavy (non-hydrogen) atoms. The van der Waals surface area contributed by atoms with Gasteiger partial charge in [-0.2, -0.15) is 5.26 Å². The van der Waals surface area contributed by atoms with Gasteiger partial charge in [-0.25, -0.2) is 14.8 Å². The fraction of sp³-hybridized carbons (Fsp3) is 0.348. The molecule has 1 saturated heterocycles. The Morgan fingerprint density at radius 3 is 2.79 bits per heavy atom. The number of pyridine rings is 2. The van der Waals surface area contributed by atoms with Crippen molar-refractivity contribution < 1.29 is 14.3 Å². The zero-order chi connectivity index (χ0) is 23.6. The highest BCUT2D eigenvalue weighted by molar-refractivity contribution is 5.95. The summed E-state index contributed by atoms with van der Waals surface area (Å²) in [7, 11) is 0. The third-order valence-corrected chi connectivity index (χ3v) is 5.03. The van der Waals surface area contributed by atoms with Gasteiger partial charge in [0.05, 0.1) is 11.8 Å². The number of fused-ring (bicyclic) bond motifs is 1. The first-order chi connectivity index (χ1) is 15.7. The van der Waals surface area contributed by atoms with E-state index in [9.17, 15) is 9.59 Å². The molecule has 3 aromatic rings. The van der Waals surface area contributed by atoms with Gasteiger partial charge in [-0.1, -0.05) is 0 Å². The number of carbonyl (C=O) groups is 2. The average Bonchev–Trinajstić information content (AvgIpc) is 3.38. The summed E-state index contributed by atoms with van der Waals surface area (Å²) >= 11 is 0. The van der Waals surface area contributed by atoms with Crippen LogP contribution in [0.25, 0.3) is 5.65 Å². The Balaban J connectivity index is 1.38. The number of nitrogens with one attached hydrogen (secondary N) is 2. The third-order valence-electron chi connectivity index (χ3n) is 5.03. The molecule has 10 nitrogen and oxygen atoms in total. The molecule has 170 valence electrons. The van der Waals surface area contributed by atoms with Crippen molar-refractivity contribution >= 4 is 29.3 Å². The number of nitriles is 1. The van der Waals surface area contributed by atoms with Crippen molar-refractivity contribution in [2.45, 2.75) is 38.8 Å². The lowest BCUT2D eigenvalue weighted by atomic mass is 10.2. The Morgan fingerprint density at radius 1 is 1.21 bits per heavy atom. The highest BCUT2D eigenvalue weighted by Gasteiger charge is 2.30. The van der Waals surface area contributed by atoms with Crippen LogP contribution in [0, 0.1) is 11.3 Å². The summed E-state index contributed by atoms with van der Waals surface area (Å²) in [5.74, 6) is 0.762. The molecule has 0 unspecified atom stereocenters. The number of carbonyl (C=O) groups excluding carboxylic acids is 2. The van der Waals surface area contributed by atoms with E-state index in [0.717, 1.165) is 0 Å². The van der Waals surface area contributed by atoms with Crippen LogP contribution >= 0.6 is 0 Å². The van der Waals surface area contributed by atoms with Gasteiger partial charge < -0.3 is 24.7 Å². The van der Waals surface area contributed by atoms with Crippen LogP contribution in [-0.2, 0) is 4.74 Å². The molecule has 0 aliphatic carbocycles. The summed E-state index contributed by atoms with van der Waals surface area (Å²) < 4.78 is 7.14. The molecule has 3 aromatic heterocycles. The molecule has 0 aromatic carbocycles. The largest absolute Gasteiger partial charge is 0.444 e. The van der Waals surface area contributed by atoms with Gasteiger partial charge in [0.1, 0.15) is 23.1 Å². The zero-order valence-corrected chi connectivity index (χ0v) is 18.7. The van der Waals surface area contributed by atoms with E-state index in [0.29, 0.717) is 47.9 Å². The van der Waals surface area contributed by atoms with E-state index in [1.54, 1.807) is 52.2 Å². The van der Waals surface area contributed by atoms with Crippen molar-refractivity contribution in [2.24, 2.45) is 0 Å². The SMILES string of the molecule is CC(C)(C)OC(=O)N1CC[C@H](NC(=O)c2ccnc(Nc3cn4cc(C#N)ccc4n3)c2)C1. The van der Waals surface area contributed by atoms with E-state index in [1.165, 1.54) is 0 Å². The van der Waals surface area contributed by atoms with Gasteiger partial charge in [0, 0.05) is 37.1 Å².